The SMILES string of the molecule is CC(C)(C)c1coc(C2CC2)n1. The quantitative estimate of drug-likeness (QED) is 0.639. The molecule has 1 heterocycles. The fourth-order valence-corrected chi connectivity index (χ4v) is 1.15. The maximum absolute atomic E-state index is 5.40. The Hall–Kier alpha value is -0.790. The van der Waals surface area contributed by atoms with Crippen LogP contribution in [-0.2, 0) is 5.41 Å². The van der Waals surface area contributed by atoms with Crippen LogP contribution in [0.25, 0.3) is 0 Å². The van der Waals surface area contributed by atoms with E-state index in [1.54, 1.807) is 6.26 Å². The molecule has 1 fully saturated rings. The van der Waals surface area contributed by atoms with Crippen LogP contribution in [0.15, 0.2) is 10.7 Å². The van der Waals surface area contributed by atoms with Gasteiger partial charge in [-0.3, -0.25) is 0 Å². The van der Waals surface area contributed by atoms with Crippen LogP contribution in [0.1, 0.15) is 51.1 Å². The Labute approximate surface area is 73.0 Å². The third kappa shape index (κ3) is 1.38. The zero-order valence-corrected chi connectivity index (χ0v) is 7.92. The summed E-state index contributed by atoms with van der Waals surface area (Å²) < 4.78 is 5.40. The second-order valence-electron chi connectivity index (χ2n) is 4.60. The zero-order chi connectivity index (χ0) is 8.77. The summed E-state index contributed by atoms with van der Waals surface area (Å²) in [5.74, 6) is 1.57. The van der Waals surface area contributed by atoms with E-state index in [1.165, 1.54) is 12.8 Å². The molecule has 2 rings (SSSR count). The van der Waals surface area contributed by atoms with Gasteiger partial charge < -0.3 is 4.42 Å². The van der Waals surface area contributed by atoms with Crippen molar-refractivity contribution in [2.45, 2.75) is 44.9 Å². The summed E-state index contributed by atoms with van der Waals surface area (Å²) in [6.07, 6.45) is 4.31. The monoisotopic (exact) mass is 165 g/mol. The molecule has 1 aromatic heterocycles. The third-order valence-corrected chi connectivity index (χ3v) is 2.22. The van der Waals surface area contributed by atoms with E-state index in [-0.39, 0.29) is 5.41 Å². The normalized spacial score (nSPS) is 18.2. The Balaban J connectivity index is 2.23. The number of oxazole rings is 1. The van der Waals surface area contributed by atoms with Crippen LogP contribution >= 0.6 is 0 Å². The van der Waals surface area contributed by atoms with E-state index >= 15 is 0 Å². The lowest BCUT2D eigenvalue weighted by Crippen LogP contribution is -2.11. The molecule has 2 nitrogen and oxygen atoms in total. The standard InChI is InChI=1S/C10H15NO/c1-10(2,3)8-6-12-9(11-8)7-4-5-7/h6-7H,4-5H2,1-3H3. The molecule has 1 saturated carbocycles. The summed E-state index contributed by atoms with van der Waals surface area (Å²) >= 11 is 0. The van der Waals surface area contributed by atoms with Crippen LogP contribution in [0.3, 0.4) is 0 Å². The van der Waals surface area contributed by atoms with Gasteiger partial charge in [0.05, 0.1) is 5.69 Å². The van der Waals surface area contributed by atoms with E-state index in [2.05, 4.69) is 25.8 Å². The van der Waals surface area contributed by atoms with Crippen molar-refractivity contribution in [1.82, 2.24) is 4.98 Å². The van der Waals surface area contributed by atoms with Gasteiger partial charge in [0.2, 0.25) is 0 Å². The lowest BCUT2D eigenvalue weighted by molar-refractivity contribution is 0.494. The maximum atomic E-state index is 5.40. The summed E-state index contributed by atoms with van der Waals surface area (Å²) in [6.45, 7) is 6.46. The van der Waals surface area contributed by atoms with Gasteiger partial charge in [0, 0.05) is 11.3 Å². The number of nitrogens with zero attached hydrogens (tertiary/aromatic N) is 1. The summed E-state index contributed by atoms with van der Waals surface area (Å²) in [7, 11) is 0. The third-order valence-electron chi connectivity index (χ3n) is 2.22. The van der Waals surface area contributed by atoms with Crippen molar-refractivity contribution in [3.63, 3.8) is 0 Å². The minimum absolute atomic E-state index is 0.122. The lowest BCUT2D eigenvalue weighted by Gasteiger charge is -2.12. The molecule has 66 valence electrons. The highest BCUT2D eigenvalue weighted by molar-refractivity contribution is 5.12. The molecule has 0 radical (unpaired) electrons. The minimum atomic E-state index is 0.122. The Bertz CT molecular complexity index is 278. The smallest absolute Gasteiger partial charge is 0.197 e. The van der Waals surface area contributed by atoms with E-state index in [9.17, 15) is 0 Å². The molecule has 0 aromatic carbocycles. The average molecular weight is 165 g/mol. The highest BCUT2D eigenvalue weighted by Crippen LogP contribution is 2.40. The molecule has 0 spiro atoms. The molecular formula is C10H15NO. The van der Waals surface area contributed by atoms with Gasteiger partial charge in [-0.1, -0.05) is 20.8 Å². The van der Waals surface area contributed by atoms with Gasteiger partial charge in [-0.05, 0) is 12.8 Å². The average Bonchev–Trinajstić information content (AvgIpc) is 2.66. The Kier molecular flexibility index (Phi) is 1.53. The van der Waals surface area contributed by atoms with Gasteiger partial charge in [-0.25, -0.2) is 4.98 Å². The fraction of sp³-hybridized carbons (Fsp3) is 0.700. The topological polar surface area (TPSA) is 26.0 Å². The second kappa shape index (κ2) is 2.35. The molecule has 0 amide bonds. The van der Waals surface area contributed by atoms with Crippen molar-refractivity contribution in [3.8, 4) is 0 Å². The largest absolute Gasteiger partial charge is 0.448 e. The first-order chi connectivity index (χ1) is 5.57. The first kappa shape index (κ1) is 7.84. The number of rotatable bonds is 1. The zero-order valence-electron chi connectivity index (χ0n) is 7.92. The fourth-order valence-electron chi connectivity index (χ4n) is 1.15. The molecule has 0 saturated heterocycles. The number of hydrogen-bond donors (Lipinski definition) is 0. The van der Waals surface area contributed by atoms with Gasteiger partial charge >= 0.3 is 0 Å². The number of hydrogen-bond acceptors (Lipinski definition) is 2. The van der Waals surface area contributed by atoms with E-state index in [1.807, 2.05) is 0 Å². The van der Waals surface area contributed by atoms with Crippen LogP contribution in [0.2, 0.25) is 0 Å². The molecule has 0 unspecified atom stereocenters. The highest BCUT2D eigenvalue weighted by Gasteiger charge is 2.30. The molecule has 1 aliphatic rings. The van der Waals surface area contributed by atoms with Gasteiger partial charge in [-0.15, -0.1) is 0 Å². The molecule has 0 bridgehead atoms. The van der Waals surface area contributed by atoms with E-state index in [0.29, 0.717) is 5.92 Å². The van der Waals surface area contributed by atoms with E-state index < -0.39 is 0 Å². The molecule has 1 aliphatic carbocycles. The van der Waals surface area contributed by atoms with Gasteiger partial charge in [0.25, 0.3) is 0 Å². The van der Waals surface area contributed by atoms with Crippen molar-refractivity contribution in [2.75, 3.05) is 0 Å². The molecule has 0 aliphatic heterocycles. The van der Waals surface area contributed by atoms with Crippen molar-refractivity contribution >= 4 is 0 Å². The molecule has 0 atom stereocenters. The van der Waals surface area contributed by atoms with Crippen LogP contribution in [0, 0.1) is 0 Å². The van der Waals surface area contributed by atoms with Gasteiger partial charge in [0.15, 0.2) is 5.89 Å². The summed E-state index contributed by atoms with van der Waals surface area (Å²) in [5, 5.41) is 0. The van der Waals surface area contributed by atoms with Crippen LogP contribution in [0.5, 0.6) is 0 Å². The van der Waals surface area contributed by atoms with Crippen LogP contribution < -0.4 is 0 Å². The Morgan fingerprint density at radius 1 is 1.42 bits per heavy atom. The van der Waals surface area contributed by atoms with Crippen molar-refractivity contribution < 1.29 is 4.42 Å². The molecule has 1 aromatic rings. The van der Waals surface area contributed by atoms with Crippen molar-refractivity contribution in [3.05, 3.63) is 17.8 Å². The summed E-state index contributed by atoms with van der Waals surface area (Å²) in [4.78, 5) is 4.48. The van der Waals surface area contributed by atoms with E-state index in [4.69, 9.17) is 4.42 Å². The predicted octanol–water partition coefficient (Wildman–Crippen LogP) is 2.85. The first-order valence-electron chi connectivity index (χ1n) is 4.53. The molecular weight excluding hydrogens is 150 g/mol. The maximum Gasteiger partial charge on any atom is 0.197 e. The van der Waals surface area contributed by atoms with Gasteiger partial charge in [0.1, 0.15) is 6.26 Å². The molecule has 2 heteroatoms. The number of aromatic nitrogens is 1. The second-order valence-corrected chi connectivity index (χ2v) is 4.60. The Morgan fingerprint density at radius 2 is 2.08 bits per heavy atom. The minimum Gasteiger partial charge on any atom is -0.448 e. The van der Waals surface area contributed by atoms with E-state index in [0.717, 1.165) is 11.6 Å². The highest BCUT2D eigenvalue weighted by atomic mass is 16.3. The lowest BCUT2D eigenvalue weighted by atomic mass is 9.93. The van der Waals surface area contributed by atoms with Gasteiger partial charge in [-0.2, -0.15) is 0 Å². The Morgan fingerprint density at radius 3 is 2.50 bits per heavy atom. The molecule has 12 heavy (non-hydrogen) atoms. The summed E-state index contributed by atoms with van der Waals surface area (Å²) in [5.41, 5.74) is 1.20. The van der Waals surface area contributed by atoms with Crippen molar-refractivity contribution in [1.29, 1.82) is 0 Å². The summed E-state index contributed by atoms with van der Waals surface area (Å²) in [6, 6.07) is 0. The first-order valence-corrected chi connectivity index (χ1v) is 4.53. The van der Waals surface area contributed by atoms with Crippen molar-refractivity contribution in [2.24, 2.45) is 0 Å². The molecule has 0 N–H and O–H groups in total. The van der Waals surface area contributed by atoms with Crippen LogP contribution in [-0.4, -0.2) is 4.98 Å². The van der Waals surface area contributed by atoms with Crippen LogP contribution in [0.4, 0.5) is 0 Å². The predicted molar refractivity (Wildman–Crippen MR) is 47.2 cm³/mol.